The van der Waals surface area contributed by atoms with E-state index in [9.17, 15) is 4.39 Å². The van der Waals surface area contributed by atoms with Gasteiger partial charge in [-0.3, -0.25) is 5.41 Å². The van der Waals surface area contributed by atoms with Crippen LogP contribution in [0.2, 0.25) is 0 Å². The number of nitrogen functional groups attached to an aromatic ring is 1. The Labute approximate surface area is 111 Å². The summed E-state index contributed by atoms with van der Waals surface area (Å²) in [4.78, 5) is 4.27. The Bertz CT molecular complexity index is 601. The van der Waals surface area contributed by atoms with Crippen molar-refractivity contribution in [1.29, 1.82) is 5.41 Å². The summed E-state index contributed by atoms with van der Waals surface area (Å²) in [5.41, 5.74) is 6.01. The summed E-state index contributed by atoms with van der Waals surface area (Å²) in [7, 11) is 0. The van der Waals surface area contributed by atoms with Gasteiger partial charge in [0.05, 0.1) is 12.1 Å². The van der Waals surface area contributed by atoms with Gasteiger partial charge in [-0.1, -0.05) is 26.0 Å². The second kappa shape index (κ2) is 5.22. The standard InChI is InChI=1S/C14H17FN4/c1-9(2)14-18-6-7-19(14)8-10-4-3-5-11(12(10)15)13(16)17/h3-7,9H,8H2,1-2H3,(H3,16,17). The highest BCUT2D eigenvalue weighted by Gasteiger charge is 2.13. The molecule has 0 bridgehead atoms. The highest BCUT2D eigenvalue weighted by molar-refractivity contribution is 5.95. The average molecular weight is 260 g/mol. The highest BCUT2D eigenvalue weighted by atomic mass is 19.1. The number of rotatable bonds is 4. The molecule has 0 atom stereocenters. The summed E-state index contributed by atoms with van der Waals surface area (Å²) in [6.07, 6.45) is 3.54. The molecule has 4 nitrogen and oxygen atoms in total. The molecular formula is C14H17FN4. The minimum absolute atomic E-state index is 0.142. The van der Waals surface area contributed by atoms with Crippen molar-refractivity contribution >= 4 is 5.84 Å². The van der Waals surface area contributed by atoms with E-state index in [-0.39, 0.29) is 17.3 Å². The van der Waals surface area contributed by atoms with Crippen LogP contribution in [0.1, 0.15) is 36.7 Å². The number of aromatic nitrogens is 2. The van der Waals surface area contributed by atoms with Gasteiger partial charge < -0.3 is 10.3 Å². The molecule has 3 N–H and O–H groups in total. The summed E-state index contributed by atoms with van der Waals surface area (Å²) in [6.45, 7) is 4.48. The van der Waals surface area contributed by atoms with Crippen molar-refractivity contribution in [2.75, 3.05) is 0 Å². The molecule has 100 valence electrons. The van der Waals surface area contributed by atoms with Gasteiger partial charge in [-0.25, -0.2) is 9.37 Å². The van der Waals surface area contributed by atoms with Crippen LogP contribution in [-0.2, 0) is 6.54 Å². The van der Waals surface area contributed by atoms with E-state index in [1.54, 1.807) is 18.3 Å². The number of nitrogens with one attached hydrogen (secondary N) is 1. The lowest BCUT2D eigenvalue weighted by molar-refractivity contribution is 0.586. The van der Waals surface area contributed by atoms with Crippen molar-refractivity contribution in [2.45, 2.75) is 26.3 Å². The van der Waals surface area contributed by atoms with E-state index < -0.39 is 5.82 Å². The molecule has 0 amide bonds. The summed E-state index contributed by atoms with van der Waals surface area (Å²) in [5, 5.41) is 7.35. The number of amidine groups is 1. The Morgan fingerprint density at radius 3 is 2.84 bits per heavy atom. The molecule has 0 saturated carbocycles. The van der Waals surface area contributed by atoms with Crippen LogP contribution in [0.15, 0.2) is 30.6 Å². The fraction of sp³-hybridized carbons (Fsp3) is 0.286. The number of hydrogen-bond acceptors (Lipinski definition) is 2. The molecule has 1 aromatic heterocycles. The van der Waals surface area contributed by atoms with Crippen molar-refractivity contribution < 1.29 is 4.39 Å². The zero-order chi connectivity index (χ0) is 14.0. The second-order valence-electron chi connectivity index (χ2n) is 4.76. The molecule has 1 heterocycles. The molecule has 0 radical (unpaired) electrons. The van der Waals surface area contributed by atoms with E-state index >= 15 is 0 Å². The van der Waals surface area contributed by atoms with E-state index in [2.05, 4.69) is 4.98 Å². The first kappa shape index (κ1) is 13.3. The van der Waals surface area contributed by atoms with Crippen LogP contribution in [0.25, 0.3) is 0 Å². The van der Waals surface area contributed by atoms with Gasteiger partial charge in [-0.2, -0.15) is 0 Å². The molecule has 19 heavy (non-hydrogen) atoms. The van der Waals surface area contributed by atoms with Crippen LogP contribution in [0, 0.1) is 11.2 Å². The maximum atomic E-state index is 14.2. The van der Waals surface area contributed by atoms with Gasteiger partial charge in [0, 0.05) is 23.9 Å². The molecule has 0 saturated heterocycles. The van der Waals surface area contributed by atoms with Gasteiger partial charge in [-0.15, -0.1) is 0 Å². The van der Waals surface area contributed by atoms with Crippen LogP contribution in [-0.4, -0.2) is 15.4 Å². The van der Waals surface area contributed by atoms with Gasteiger partial charge in [0.1, 0.15) is 17.5 Å². The molecular weight excluding hydrogens is 243 g/mol. The first-order valence-electron chi connectivity index (χ1n) is 6.13. The van der Waals surface area contributed by atoms with Crippen LogP contribution < -0.4 is 5.73 Å². The third-order valence-electron chi connectivity index (χ3n) is 2.97. The predicted octanol–water partition coefficient (Wildman–Crippen LogP) is 2.48. The molecule has 2 rings (SSSR count). The van der Waals surface area contributed by atoms with Crippen LogP contribution in [0.3, 0.4) is 0 Å². The Morgan fingerprint density at radius 2 is 2.21 bits per heavy atom. The van der Waals surface area contributed by atoms with E-state index in [0.717, 1.165) is 5.82 Å². The molecule has 0 aliphatic rings. The first-order valence-corrected chi connectivity index (χ1v) is 6.13. The Balaban J connectivity index is 2.36. The zero-order valence-electron chi connectivity index (χ0n) is 11.0. The smallest absolute Gasteiger partial charge is 0.139 e. The van der Waals surface area contributed by atoms with E-state index in [0.29, 0.717) is 12.1 Å². The molecule has 0 unspecified atom stereocenters. The molecule has 1 aromatic carbocycles. The first-order chi connectivity index (χ1) is 9.00. The van der Waals surface area contributed by atoms with Gasteiger partial charge >= 0.3 is 0 Å². The van der Waals surface area contributed by atoms with Crippen molar-refractivity contribution in [3.8, 4) is 0 Å². The van der Waals surface area contributed by atoms with Crippen LogP contribution >= 0.6 is 0 Å². The predicted molar refractivity (Wildman–Crippen MR) is 72.8 cm³/mol. The Morgan fingerprint density at radius 1 is 1.47 bits per heavy atom. The summed E-state index contributed by atoms with van der Waals surface area (Å²) < 4.78 is 16.1. The third-order valence-corrected chi connectivity index (χ3v) is 2.97. The van der Waals surface area contributed by atoms with E-state index in [4.69, 9.17) is 11.1 Å². The third kappa shape index (κ3) is 2.65. The van der Waals surface area contributed by atoms with Gasteiger partial charge in [-0.05, 0) is 6.07 Å². The molecule has 0 fully saturated rings. The fourth-order valence-corrected chi connectivity index (χ4v) is 2.05. The number of nitrogens with zero attached hydrogens (tertiary/aromatic N) is 2. The quantitative estimate of drug-likeness (QED) is 0.655. The van der Waals surface area contributed by atoms with Crippen LogP contribution in [0.4, 0.5) is 4.39 Å². The monoisotopic (exact) mass is 260 g/mol. The minimum atomic E-state index is -0.432. The minimum Gasteiger partial charge on any atom is -0.384 e. The van der Waals surface area contributed by atoms with Crippen LogP contribution in [0.5, 0.6) is 0 Å². The van der Waals surface area contributed by atoms with Crippen molar-refractivity contribution in [3.05, 3.63) is 53.4 Å². The maximum Gasteiger partial charge on any atom is 0.139 e. The highest BCUT2D eigenvalue weighted by Crippen LogP contribution is 2.17. The molecule has 0 aliphatic carbocycles. The maximum absolute atomic E-state index is 14.2. The van der Waals surface area contributed by atoms with Gasteiger partial charge in [0.15, 0.2) is 0 Å². The average Bonchev–Trinajstić information content (AvgIpc) is 2.79. The molecule has 2 aromatic rings. The summed E-state index contributed by atoms with van der Waals surface area (Å²) in [5.74, 6) is 0.495. The second-order valence-corrected chi connectivity index (χ2v) is 4.76. The normalized spacial score (nSPS) is 10.9. The number of imidazole rings is 1. The van der Waals surface area contributed by atoms with Crippen molar-refractivity contribution in [3.63, 3.8) is 0 Å². The summed E-state index contributed by atoms with van der Waals surface area (Å²) >= 11 is 0. The molecule has 0 aliphatic heterocycles. The number of benzene rings is 1. The SMILES string of the molecule is CC(C)c1nccn1Cc1cccc(C(=N)N)c1F. The topological polar surface area (TPSA) is 67.7 Å². The Hall–Kier alpha value is -2.17. The summed E-state index contributed by atoms with van der Waals surface area (Å²) in [6, 6.07) is 4.92. The molecule has 0 spiro atoms. The molecule has 5 heteroatoms. The Kier molecular flexibility index (Phi) is 3.64. The van der Waals surface area contributed by atoms with E-state index in [1.807, 2.05) is 24.6 Å². The van der Waals surface area contributed by atoms with Gasteiger partial charge in [0.2, 0.25) is 0 Å². The fourth-order valence-electron chi connectivity index (χ4n) is 2.05. The lowest BCUT2D eigenvalue weighted by Crippen LogP contribution is -2.15. The van der Waals surface area contributed by atoms with E-state index in [1.165, 1.54) is 6.07 Å². The lowest BCUT2D eigenvalue weighted by atomic mass is 10.1. The number of nitrogens with two attached hydrogens (primary N) is 1. The van der Waals surface area contributed by atoms with Crippen molar-refractivity contribution in [2.24, 2.45) is 5.73 Å². The van der Waals surface area contributed by atoms with Gasteiger partial charge in [0.25, 0.3) is 0 Å². The number of hydrogen-bond donors (Lipinski definition) is 2. The largest absolute Gasteiger partial charge is 0.384 e. The lowest BCUT2D eigenvalue weighted by Gasteiger charge is -2.12. The number of halogens is 1. The van der Waals surface area contributed by atoms with Crippen molar-refractivity contribution in [1.82, 2.24) is 9.55 Å². The zero-order valence-corrected chi connectivity index (χ0v) is 11.0.